The van der Waals surface area contributed by atoms with Crippen LogP contribution in [-0.2, 0) is 6.42 Å². The quantitative estimate of drug-likeness (QED) is 0.729. The van der Waals surface area contributed by atoms with Gasteiger partial charge in [0.25, 0.3) is 5.91 Å². The Morgan fingerprint density at radius 3 is 3.00 bits per heavy atom. The minimum atomic E-state index is -0.143. The molecule has 0 radical (unpaired) electrons. The smallest absolute Gasteiger partial charge is 0.267 e. The van der Waals surface area contributed by atoms with E-state index in [2.05, 4.69) is 27.4 Å². The largest absolute Gasteiger partial charge is 0.423 e. The number of anilines is 1. The molecule has 0 fully saturated rings. The van der Waals surface area contributed by atoms with Gasteiger partial charge in [-0.05, 0) is 38.0 Å². The van der Waals surface area contributed by atoms with Crippen molar-refractivity contribution >= 4 is 22.9 Å². The summed E-state index contributed by atoms with van der Waals surface area (Å²) in [6, 6.07) is 7.32. The zero-order chi connectivity index (χ0) is 16.9. The summed E-state index contributed by atoms with van der Waals surface area (Å²) in [6.07, 6.45) is 4.39. The lowest BCUT2D eigenvalue weighted by molar-refractivity contribution is 0.103. The van der Waals surface area contributed by atoms with Crippen molar-refractivity contribution in [2.75, 3.05) is 5.32 Å². The Labute approximate surface area is 144 Å². The minimum Gasteiger partial charge on any atom is -0.423 e. The molecule has 2 aromatic heterocycles. The van der Waals surface area contributed by atoms with Gasteiger partial charge in [-0.1, -0.05) is 19.4 Å². The Kier molecular flexibility index (Phi) is 5.00. The van der Waals surface area contributed by atoms with Crippen molar-refractivity contribution < 1.29 is 9.21 Å². The van der Waals surface area contributed by atoms with Crippen LogP contribution in [0.2, 0.25) is 0 Å². The second kappa shape index (κ2) is 7.35. The van der Waals surface area contributed by atoms with Crippen molar-refractivity contribution in [3.05, 3.63) is 46.2 Å². The lowest BCUT2D eigenvalue weighted by atomic mass is 10.2. The highest BCUT2D eigenvalue weighted by Crippen LogP contribution is 2.23. The Bertz CT molecular complexity index is 827. The van der Waals surface area contributed by atoms with E-state index in [0.29, 0.717) is 16.5 Å². The number of carbonyl (C=O) groups is 1. The zero-order valence-electron chi connectivity index (χ0n) is 13.6. The molecule has 0 aliphatic heterocycles. The first-order valence-corrected chi connectivity index (χ1v) is 8.63. The number of unbranched alkanes of at least 4 members (excludes halogenated alkanes) is 1. The number of rotatable bonds is 6. The Balaban J connectivity index is 1.75. The fraction of sp³-hybridized carbons (Fsp3) is 0.294. The van der Waals surface area contributed by atoms with Crippen LogP contribution in [0.4, 0.5) is 5.69 Å². The SMILES string of the molecule is CCCCc1nc(C)c(C(=O)Nc2cccc(-c3nnco3)c2)s1. The van der Waals surface area contributed by atoms with E-state index in [9.17, 15) is 4.79 Å². The van der Waals surface area contributed by atoms with Gasteiger partial charge in [0.1, 0.15) is 4.88 Å². The third-order valence-electron chi connectivity index (χ3n) is 3.52. The molecule has 1 N–H and O–H groups in total. The molecule has 1 aromatic carbocycles. The van der Waals surface area contributed by atoms with Crippen LogP contribution in [-0.4, -0.2) is 21.1 Å². The molecule has 0 spiro atoms. The lowest BCUT2D eigenvalue weighted by Gasteiger charge is -2.05. The average molecular weight is 342 g/mol. The Morgan fingerprint density at radius 1 is 1.38 bits per heavy atom. The van der Waals surface area contributed by atoms with E-state index in [0.717, 1.165) is 35.5 Å². The molecular formula is C17H18N4O2S. The number of amides is 1. The summed E-state index contributed by atoms with van der Waals surface area (Å²) in [4.78, 5) is 17.7. The number of aromatic nitrogens is 3. The number of hydrogen-bond donors (Lipinski definition) is 1. The fourth-order valence-electron chi connectivity index (χ4n) is 2.31. The number of carbonyl (C=O) groups excluding carboxylic acids is 1. The van der Waals surface area contributed by atoms with Crippen LogP contribution in [0.1, 0.15) is 40.1 Å². The Hall–Kier alpha value is -2.54. The molecule has 0 bridgehead atoms. The highest BCUT2D eigenvalue weighted by molar-refractivity contribution is 7.13. The second-order valence-corrected chi connectivity index (χ2v) is 6.49. The topological polar surface area (TPSA) is 80.9 Å². The maximum atomic E-state index is 12.5. The Morgan fingerprint density at radius 2 is 2.25 bits per heavy atom. The van der Waals surface area contributed by atoms with Gasteiger partial charge in [-0.15, -0.1) is 21.5 Å². The number of nitrogens with one attached hydrogen (secondary N) is 1. The van der Waals surface area contributed by atoms with Crippen LogP contribution in [0.3, 0.4) is 0 Å². The number of nitrogens with zero attached hydrogens (tertiary/aromatic N) is 3. The van der Waals surface area contributed by atoms with Gasteiger partial charge in [0, 0.05) is 11.3 Å². The van der Waals surface area contributed by atoms with Gasteiger partial charge in [0.15, 0.2) is 0 Å². The first-order valence-electron chi connectivity index (χ1n) is 7.81. The summed E-state index contributed by atoms with van der Waals surface area (Å²) >= 11 is 1.46. The first kappa shape index (κ1) is 16.3. The van der Waals surface area contributed by atoms with Gasteiger partial charge >= 0.3 is 0 Å². The van der Waals surface area contributed by atoms with E-state index >= 15 is 0 Å². The van der Waals surface area contributed by atoms with Crippen molar-refractivity contribution in [1.29, 1.82) is 0 Å². The molecule has 0 aliphatic rings. The van der Waals surface area contributed by atoms with Gasteiger partial charge in [-0.3, -0.25) is 4.79 Å². The number of thiazole rings is 1. The highest BCUT2D eigenvalue weighted by Gasteiger charge is 2.16. The molecule has 0 atom stereocenters. The zero-order valence-corrected chi connectivity index (χ0v) is 14.4. The predicted octanol–water partition coefficient (Wildman–Crippen LogP) is 4.10. The van der Waals surface area contributed by atoms with Crippen LogP contribution in [0.25, 0.3) is 11.5 Å². The van der Waals surface area contributed by atoms with Gasteiger partial charge < -0.3 is 9.73 Å². The van der Waals surface area contributed by atoms with E-state index in [1.807, 2.05) is 25.1 Å². The van der Waals surface area contributed by atoms with Crippen molar-refractivity contribution in [1.82, 2.24) is 15.2 Å². The van der Waals surface area contributed by atoms with Crippen molar-refractivity contribution in [3.63, 3.8) is 0 Å². The van der Waals surface area contributed by atoms with Crippen LogP contribution < -0.4 is 5.32 Å². The monoisotopic (exact) mass is 342 g/mol. The van der Waals surface area contributed by atoms with Crippen molar-refractivity contribution in [2.24, 2.45) is 0 Å². The molecule has 0 unspecified atom stereocenters. The van der Waals surface area contributed by atoms with Gasteiger partial charge in [-0.2, -0.15) is 0 Å². The molecule has 24 heavy (non-hydrogen) atoms. The summed E-state index contributed by atoms with van der Waals surface area (Å²) in [5, 5.41) is 11.5. The summed E-state index contributed by atoms with van der Waals surface area (Å²) in [6.45, 7) is 4.01. The summed E-state index contributed by atoms with van der Waals surface area (Å²) in [5.74, 6) is 0.275. The molecule has 7 heteroatoms. The summed E-state index contributed by atoms with van der Waals surface area (Å²) in [7, 11) is 0. The number of benzene rings is 1. The third-order valence-corrected chi connectivity index (χ3v) is 4.73. The molecule has 3 rings (SSSR count). The van der Waals surface area contributed by atoms with Crippen LogP contribution in [0.5, 0.6) is 0 Å². The van der Waals surface area contributed by atoms with Crippen LogP contribution in [0, 0.1) is 6.92 Å². The molecule has 3 aromatic rings. The van der Waals surface area contributed by atoms with Crippen molar-refractivity contribution in [2.45, 2.75) is 33.1 Å². The van der Waals surface area contributed by atoms with E-state index in [-0.39, 0.29) is 5.91 Å². The number of aryl methyl sites for hydroxylation is 2. The maximum absolute atomic E-state index is 12.5. The van der Waals surface area contributed by atoms with Crippen molar-refractivity contribution in [3.8, 4) is 11.5 Å². The predicted molar refractivity (Wildman–Crippen MR) is 93.2 cm³/mol. The molecule has 6 nitrogen and oxygen atoms in total. The lowest BCUT2D eigenvalue weighted by Crippen LogP contribution is -2.11. The molecule has 1 amide bonds. The molecule has 124 valence electrons. The summed E-state index contributed by atoms with van der Waals surface area (Å²) < 4.78 is 5.18. The van der Waals surface area contributed by atoms with Crippen LogP contribution >= 0.6 is 11.3 Å². The maximum Gasteiger partial charge on any atom is 0.267 e. The molecule has 0 saturated heterocycles. The normalized spacial score (nSPS) is 10.8. The second-order valence-electron chi connectivity index (χ2n) is 5.40. The van der Waals surface area contributed by atoms with Gasteiger partial charge in [0.2, 0.25) is 12.3 Å². The van der Waals surface area contributed by atoms with Gasteiger partial charge in [-0.25, -0.2) is 4.98 Å². The molecule has 0 saturated carbocycles. The van der Waals surface area contributed by atoms with E-state index < -0.39 is 0 Å². The molecule has 0 aliphatic carbocycles. The van der Waals surface area contributed by atoms with Gasteiger partial charge in [0.05, 0.1) is 10.7 Å². The number of hydrogen-bond acceptors (Lipinski definition) is 6. The van der Waals surface area contributed by atoms with Crippen LogP contribution in [0.15, 0.2) is 35.1 Å². The first-order chi connectivity index (χ1) is 11.7. The minimum absolute atomic E-state index is 0.143. The van der Waals surface area contributed by atoms with E-state index in [1.54, 1.807) is 6.07 Å². The third kappa shape index (κ3) is 3.68. The summed E-state index contributed by atoms with van der Waals surface area (Å²) in [5.41, 5.74) is 2.21. The average Bonchev–Trinajstić information content (AvgIpc) is 3.23. The van der Waals surface area contributed by atoms with E-state index in [1.165, 1.54) is 17.7 Å². The standard InChI is InChI=1S/C17H18N4O2S/c1-3-4-8-14-19-11(2)15(24-14)16(22)20-13-7-5-6-12(9-13)17-21-18-10-23-17/h5-7,9-10H,3-4,8H2,1-2H3,(H,20,22). The highest BCUT2D eigenvalue weighted by atomic mass is 32.1. The molecular weight excluding hydrogens is 324 g/mol. The van der Waals surface area contributed by atoms with E-state index in [4.69, 9.17) is 4.42 Å². The molecule has 2 heterocycles. The fourth-order valence-corrected chi connectivity index (χ4v) is 3.32.